The molecular formula is C27H34F5N7O3. The maximum absolute atomic E-state index is 14.0. The fourth-order valence-corrected chi connectivity index (χ4v) is 5.14. The van der Waals surface area contributed by atoms with Gasteiger partial charge in [0.1, 0.15) is 5.69 Å². The number of imidazole rings is 1. The maximum Gasteiger partial charge on any atom is 0.389 e. The molecule has 1 fully saturated rings. The molecule has 2 atom stereocenters. The first-order chi connectivity index (χ1) is 19.6. The van der Waals surface area contributed by atoms with Crippen LogP contribution in [-0.2, 0) is 4.79 Å². The highest BCUT2D eigenvalue weighted by Gasteiger charge is 2.40. The Morgan fingerprint density at radius 2 is 1.81 bits per heavy atom. The molecule has 4 rings (SSSR count). The van der Waals surface area contributed by atoms with Crippen LogP contribution in [0.1, 0.15) is 112 Å². The number of aromatic nitrogens is 5. The lowest BCUT2D eigenvalue weighted by Crippen LogP contribution is -2.37. The molecule has 3 aromatic heterocycles. The van der Waals surface area contributed by atoms with E-state index in [1.165, 1.54) is 10.7 Å². The quantitative estimate of drug-likeness (QED) is 0.287. The summed E-state index contributed by atoms with van der Waals surface area (Å²) in [4.78, 5) is 30.2. The van der Waals surface area contributed by atoms with Gasteiger partial charge in [-0.15, -0.1) is 0 Å². The smallest absolute Gasteiger partial charge is 0.349 e. The first kappa shape index (κ1) is 31.3. The zero-order valence-corrected chi connectivity index (χ0v) is 23.7. The monoisotopic (exact) mass is 599 g/mol. The van der Waals surface area contributed by atoms with E-state index < -0.39 is 48.8 Å². The standard InChI is InChI=1S/C27H34F5N7O3/c1-14(2)21(35-20(40)7-10-27(30,31)32)17-11-19-34-18(13-39(19)33-12-17)23(16-5-8-26(28,29)9-6-16)36-25(41)24-22(15(3)4)37-42-38-24/h11-16,21,23H,5-10H2,1-4H3,(H,35,40)(H,36,41)/t21?,23-/m0/s1. The molecule has 15 heteroatoms. The largest absolute Gasteiger partial charge is 0.389 e. The Morgan fingerprint density at radius 3 is 2.43 bits per heavy atom. The molecule has 42 heavy (non-hydrogen) atoms. The summed E-state index contributed by atoms with van der Waals surface area (Å²) in [5.74, 6) is -4.77. The van der Waals surface area contributed by atoms with Gasteiger partial charge in [0.15, 0.2) is 11.3 Å². The first-order valence-electron chi connectivity index (χ1n) is 13.9. The van der Waals surface area contributed by atoms with Crippen LogP contribution in [0.4, 0.5) is 22.0 Å². The van der Waals surface area contributed by atoms with E-state index in [0.717, 1.165) is 0 Å². The van der Waals surface area contributed by atoms with E-state index in [9.17, 15) is 31.5 Å². The molecule has 230 valence electrons. The molecular weight excluding hydrogens is 565 g/mol. The molecule has 10 nitrogen and oxygen atoms in total. The van der Waals surface area contributed by atoms with Crippen molar-refractivity contribution in [2.24, 2.45) is 11.8 Å². The van der Waals surface area contributed by atoms with Crippen LogP contribution in [0.2, 0.25) is 0 Å². The lowest BCUT2D eigenvalue weighted by Gasteiger charge is -2.33. The Kier molecular flexibility index (Phi) is 9.16. The van der Waals surface area contributed by atoms with Crippen LogP contribution in [0.5, 0.6) is 0 Å². The van der Waals surface area contributed by atoms with E-state index in [-0.39, 0.29) is 49.1 Å². The molecule has 1 aliphatic carbocycles. The number of nitrogens with one attached hydrogen (secondary N) is 2. The summed E-state index contributed by atoms with van der Waals surface area (Å²) in [6, 6.07) is 0.268. The molecule has 0 aromatic carbocycles. The van der Waals surface area contributed by atoms with Gasteiger partial charge in [-0.1, -0.05) is 32.9 Å². The zero-order valence-electron chi connectivity index (χ0n) is 23.7. The predicted octanol–water partition coefficient (Wildman–Crippen LogP) is 5.69. The van der Waals surface area contributed by atoms with Gasteiger partial charge >= 0.3 is 6.18 Å². The van der Waals surface area contributed by atoms with E-state index >= 15 is 0 Å². The number of nitrogens with zero attached hydrogens (tertiary/aromatic N) is 5. The lowest BCUT2D eigenvalue weighted by atomic mass is 9.81. The van der Waals surface area contributed by atoms with Crippen LogP contribution in [0.3, 0.4) is 0 Å². The maximum atomic E-state index is 14.0. The Hall–Kier alpha value is -3.65. The van der Waals surface area contributed by atoms with Crippen molar-refractivity contribution in [3.8, 4) is 0 Å². The van der Waals surface area contributed by atoms with Gasteiger partial charge in [0.2, 0.25) is 11.8 Å². The minimum atomic E-state index is -4.45. The summed E-state index contributed by atoms with van der Waals surface area (Å²) in [5, 5.41) is 17.5. The van der Waals surface area contributed by atoms with Crippen molar-refractivity contribution in [2.75, 3.05) is 0 Å². The van der Waals surface area contributed by atoms with Gasteiger partial charge in [-0.25, -0.2) is 22.9 Å². The van der Waals surface area contributed by atoms with Crippen LogP contribution in [0.15, 0.2) is 23.1 Å². The van der Waals surface area contributed by atoms with Gasteiger partial charge in [-0.05, 0) is 41.5 Å². The topological polar surface area (TPSA) is 127 Å². The van der Waals surface area contributed by atoms with Crippen molar-refractivity contribution < 1.29 is 36.2 Å². The van der Waals surface area contributed by atoms with Crippen molar-refractivity contribution in [2.45, 2.75) is 96.3 Å². The number of hydrogen-bond acceptors (Lipinski definition) is 7. The number of carbonyl (C=O) groups excluding carboxylic acids is 2. The third-order valence-electron chi connectivity index (χ3n) is 7.45. The fraction of sp³-hybridized carbons (Fsp3) is 0.630. The second-order valence-electron chi connectivity index (χ2n) is 11.5. The predicted molar refractivity (Wildman–Crippen MR) is 139 cm³/mol. The molecule has 3 heterocycles. The van der Waals surface area contributed by atoms with Crippen LogP contribution in [-0.4, -0.2) is 48.8 Å². The number of halogens is 5. The van der Waals surface area contributed by atoms with Crippen LogP contribution in [0, 0.1) is 11.8 Å². The second kappa shape index (κ2) is 12.3. The Balaban J connectivity index is 1.62. The fourth-order valence-electron chi connectivity index (χ4n) is 5.14. The minimum absolute atomic E-state index is 0.00125. The van der Waals surface area contributed by atoms with Crippen LogP contribution >= 0.6 is 0 Å². The molecule has 0 bridgehead atoms. The Morgan fingerprint density at radius 1 is 1.12 bits per heavy atom. The van der Waals surface area contributed by atoms with Gasteiger partial charge in [0.25, 0.3) is 5.91 Å². The number of carbonyl (C=O) groups is 2. The molecule has 0 spiro atoms. The average molecular weight is 600 g/mol. The molecule has 0 radical (unpaired) electrons. The molecule has 0 aliphatic heterocycles. The number of amides is 2. The zero-order chi connectivity index (χ0) is 30.8. The number of alkyl halides is 5. The summed E-state index contributed by atoms with van der Waals surface area (Å²) in [6.07, 6.45) is -3.65. The summed E-state index contributed by atoms with van der Waals surface area (Å²) < 4.78 is 72.0. The van der Waals surface area contributed by atoms with Gasteiger partial charge in [-0.3, -0.25) is 9.59 Å². The van der Waals surface area contributed by atoms with Crippen LogP contribution in [0.25, 0.3) is 5.65 Å². The van der Waals surface area contributed by atoms with Crippen molar-refractivity contribution in [3.63, 3.8) is 0 Å². The van der Waals surface area contributed by atoms with Gasteiger partial charge < -0.3 is 10.6 Å². The van der Waals surface area contributed by atoms with E-state index in [0.29, 0.717) is 22.6 Å². The van der Waals surface area contributed by atoms with Crippen molar-refractivity contribution in [1.29, 1.82) is 0 Å². The van der Waals surface area contributed by atoms with Gasteiger partial charge in [-0.2, -0.15) is 18.3 Å². The summed E-state index contributed by atoms with van der Waals surface area (Å²) in [5.41, 5.74) is 1.63. The van der Waals surface area contributed by atoms with Gasteiger partial charge in [0, 0.05) is 25.2 Å². The van der Waals surface area contributed by atoms with E-state index in [1.54, 1.807) is 12.3 Å². The normalized spacial score (nSPS) is 17.5. The third kappa shape index (κ3) is 7.59. The second-order valence-corrected chi connectivity index (χ2v) is 11.5. The first-order valence-corrected chi connectivity index (χ1v) is 13.9. The average Bonchev–Trinajstić information content (AvgIpc) is 3.56. The minimum Gasteiger partial charge on any atom is -0.349 e. The molecule has 2 amide bonds. The van der Waals surface area contributed by atoms with E-state index in [2.05, 4.69) is 31.0 Å². The van der Waals surface area contributed by atoms with Crippen LogP contribution < -0.4 is 10.6 Å². The molecule has 2 N–H and O–H groups in total. The van der Waals surface area contributed by atoms with Crippen molar-refractivity contribution in [3.05, 3.63) is 41.1 Å². The summed E-state index contributed by atoms with van der Waals surface area (Å²) in [7, 11) is 0. The Bertz CT molecular complexity index is 1390. The SMILES string of the molecule is CC(C)c1nonc1C(=O)N[C@H](c1cn2ncc(C(NC(=O)CCC(F)(F)F)C(C)C)cc2n1)C1CCC(F)(F)CC1. The number of rotatable bonds is 10. The highest BCUT2D eigenvalue weighted by Crippen LogP contribution is 2.41. The van der Waals surface area contributed by atoms with Crippen molar-refractivity contribution in [1.82, 2.24) is 35.5 Å². The number of hydrogen-bond donors (Lipinski definition) is 2. The summed E-state index contributed by atoms with van der Waals surface area (Å²) >= 11 is 0. The third-order valence-corrected chi connectivity index (χ3v) is 7.45. The summed E-state index contributed by atoms with van der Waals surface area (Å²) in [6.45, 7) is 7.27. The van der Waals surface area contributed by atoms with E-state index in [4.69, 9.17) is 4.63 Å². The van der Waals surface area contributed by atoms with Gasteiger partial charge in [0.05, 0.1) is 36.6 Å². The molecule has 1 aliphatic rings. The Labute approximate surface area is 238 Å². The number of fused-ring (bicyclic) bond motifs is 1. The van der Waals surface area contributed by atoms with Crippen molar-refractivity contribution >= 4 is 17.5 Å². The molecule has 1 unspecified atom stereocenters. The molecule has 1 saturated carbocycles. The molecule has 3 aromatic rings. The van der Waals surface area contributed by atoms with E-state index in [1.807, 2.05) is 27.7 Å². The lowest BCUT2D eigenvalue weighted by molar-refractivity contribution is -0.144. The molecule has 0 saturated heterocycles. The highest BCUT2D eigenvalue weighted by molar-refractivity contribution is 5.93. The highest BCUT2D eigenvalue weighted by atomic mass is 19.4.